The summed E-state index contributed by atoms with van der Waals surface area (Å²) in [5.74, 6) is -0.110. The van der Waals surface area contributed by atoms with Gasteiger partial charge in [-0.05, 0) is 12.8 Å². The highest BCUT2D eigenvalue weighted by atomic mass is 35.5. The highest BCUT2D eigenvalue weighted by Gasteiger charge is 2.32. The van der Waals surface area contributed by atoms with Crippen LogP contribution in [0.3, 0.4) is 0 Å². The zero-order valence-corrected chi connectivity index (χ0v) is 9.78. The van der Waals surface area contributed by atoms with E-state index in [1.54, 1.807) is 7.05 Å². The Labute approximate surface area is 98.5 Å². The molecule has 0 aliphatic carbocycles. The van der Waals surface area contributed by atoms with Crippen molar-refractivity contribution >= 4 is 17.4 Å². The lowest BCUT2D eigenvalue weighted by Gasteiger charge is -2.11. The standard InChI is InChI=1S/C10H14ClN3O2/c1-14-9(7(11)5-13-14)10(15)8-3-2-6(4-12)16-8/h5-6,8H,2-4,12H2,1H3. The number of nitrogens with zero attached hydrogens (tertiary/aromatic N) is 2. The zero-order valence-electron chi connectivity index (χ0n) is 9.02. The second kappa shape index (κ2) is 4.53. The first kappa shape index (κ1) is 11.6. The average molecular weight is 244 g/mol. The van der Waals surface area contributed by atoms with Crippen LogP contribution in [0.25, 0.3) is 0 Å². The van der Waals surface area contributed by atoms with Gasteiger partial charge in [0.1, 0.15) is 11.8 Å². The third-order valence-electron chi connectivity index (χ3n) is 2.79. The van der Waals surface area contributed by atoms with Crippen molar-refractivity contribution in [3.05, 3.63) is 16.9 Å². The van der Waals surface area contributed by atoms with Gasteiger partial charge in [-0.25, -0.2) is 0 Å². The minimum absolute atomic E-state index is 0.0130. The molecule has 2 rings (SSSR count). The molecule has 16 heavy (non-hydrogen) atoms. The van der Waals surface area contributed by atoms with Crippen LogP contribution in [-0.2, 0) is 11.8 Å². The number of nitrogens with two attached hydrogens (primary N) is 1. The first-order valence-corrected chi connectivity index (χ1v) is 5.58. The maximum absolute atomic E-state index is 12.1. The number of rotatable bonds is 3. The van der Waals surface area contributed by atoms with E-state index in [9.17, 15) is 4.79 Å². The third kappa shape index (κ3) is 1.98. The lowest BCUT2D eigenvalue weighted by molar-refractivity contribution is 0.0397. The monoisotopic (exact) mass is 243 g/mol. The molecule has 2 N–H and O–H groups in total. The van der Waals surface area contributed by atoms with Crippen LogP contribution in [0.2, 0.25) is 5.02 Å². The van der Waals surface area contributed by atoms with E-state index in [1.165, 1.54) is 10.9 Å². The van der Waals surface area contributed by atoms with Gasteiger partial charge in [0.2, 0.25) is 5.78 Å². The second-order valence-corrected chi connectivity index (χ2v) is 4.30. The molecule has 2 unspecified atom stereocenters. The normalized spacial score (nSPS) is 24.9. The van der Waals surface area contributed by atoms with Crippen molar-refractivity contribution in [1.82, 2.24) is 9.78 Å². The van der Waals surface area contributed by atoms with Crippen molar-refractivity contribution in [2.45, 2.75) is 25.0 Å². The van der Waals surface area contributed by atoms with E-state index in [0.717, 1.165) is 6.42 Å². The topological polar surface area (TPSA) is 70.1 Å². The molecule has 0 amide bonds. The Kier molecular flexibility index (Phi) is 3.28. The Balaban J connectivity index is 2.15. The van der Waals surface area contributed by atoms with E-state index in [4.69, 9.17) is 22.1 Å². The van der Waals surface area contributed by atoms with Gasteiger partial charge in [-0.1, -0.05) is 11.6 Å². The Bertz CT molecular complexity index is 385. The minimum Gasteiger partial charge on any atom is -0.365 e. The summed E-state index contributed by atoms with van der Waals surface area (Å²) in [5.41, 5.74) is 5.90. The molecule has 1 fully saturated rings. The number of aryl methyl sites for hydroxylation is 1. The SMILES string of the molecule is Cn1ncc(Cl)c1C(=O)C1CCC(CN)O1. The number of carbonyl (C=O) groups is 1. The molecule has 0 aromatic carbocycles. The predicted molar refractivity (Wildman–Crippen MR) is 59.5 cm³/mol. The molecule has 1 aliphatic heterocycles. The molecule has 2 heterocycles. The van der Waals surface area contributed by atoms with Crippen LogP contribution in [-0.4, -0.2) is 34.3 Å². The Hall–Kier alpha value is -0.910. The van der Waals surface area contributed by atoms with Gasteiger partial charge in [-0.3, -0.25) is 9.48 Å². The molecule has 6 heteroatoms. The van der Waals surface area contributed by atoms with E-state index in [2.05, 4.69) is 5.10 Å². The smallest absolute Gasteiger partial charge is 0.211 e. The van der Waals surface area contributed by atoms with Crippen molar-refractivity contribution < 1.29 is 9.53 Å². The van der Waals surface area contributed by atoms with Crippen LogP contribution in [0.1, 0.15) is 23.3 Å². The van der Waals surface area contributed by atoms with E-state index < -0.39 is 6.10 Å². The molecule has 5 nitrogen and oxygen atoms in total. The first-order valence-electron chi connectivity index (χ1n) is 5.20. The van der Waals surface area contributed by atoms with E-state index in [1.807, 2.05) is 0 Å². The van der Waals surface area contributed by atoms with Crippen LogP contribution < -0.4 is 5.73 Å². The lowest BCUT2D eigenvalue weighted by Crippen LogP contribution is -2.26. The number of hydrogen-bond acceptors (Lipinski definition) is 4. The van der Waals surface area contributed by atoms with Crippen molar-refractivity contribution in [3.63, 3.8) is 0 Å². The summed E-state index contributed by atoms with van der Waals surface area (Å²) in [5, 5.41) is 4.30. The summed E-state index contributed by atoms with van der Waals surface area (Å²) in [6.07, 6.45) is 2.54. The zero-order chi connectivity index (χ0) is 11.7. The second-order valence-electron chi connectivity index (χ2n) is 3.89. The summed E-state index contributed by atoms with van der Waals surface area (Å²) in [7, 11) is 1.69. The van der Waals surface area contributed by atoms with Crippen LogP contribution in [0.4, 0.5) is 0 Å². The van der Waals surface area contributed by atoms with E-state index in [-0.39, 0.29) is 11.9 Å². The molecule has 0 spiro atoms. The molecule has 0 radical (unpaired) electrons. The molecule has 1 aromatic rings. The molecule has 1 saturated heterocycles. The molecule has 2 atom stereocenters. The van der Waals surface area contributed by atoms with Crippen LogP contribution in [0.5, 0.6) is 0 Å². The van der Waals surface area contributed by atoms with Gasteiger partial charge in [-0.15, -0.1) is 0 Å². The Morgan fingerprint density at radius 3 is 3.00 bits per heavy atom. The summed E-state index contributed by atoms with van der Waals surface area (Å²) in [6, 6.07) is 0. The van der Waals surface area contributed by atoms with Gasteiger partial charge in [0, 0.05) is 13.6 Å². The number of carbonyl (C=O) groups excluding carboxylic acids is 1. The van der Waals surface area contributed by atoms with Crippen molar-refractivity contribution in [3.8, 4) is 0 Å². The van der Waals surface area contributed by atoms with Gasteiger partial charge < -0.3 is 10.5 Å². The fourth-order valence-corrected chi connectivity index (χ4v) is 2.17. The molecule has 0 saturated carbocycles. The summed E-state index contributed by atoms with van der Waals surface area (Å²) in [4.78, 5) is 12.1. The Morgan fingerprint density at radius 2 is 2.50 bits per heavy atom. The van der Waals surface area contributed by atoms with Crippen molar-refractivity contribution in [2.75, 3.05) is 6.54 Å². The van der Waals surface area contributed by atoms with E-state index >= 15 is 0 Å². The van der Waals surface area contributed by atoms with Gasteiger partial charge >= 0.3 is 0 Å². The minimum atomic E-state index is -0.429. The molecular formula is C10H14ClN3O2. The summed E-state index contributed by atoms with van der Waals surface area (Å²) in [6.45, 7) is 0.447. The van der Waals surface area contributed by atoms with Crippen molar-refractivity contribution in [2.24, 2.45) is 12.8 Å². The Morgan fingerprint density at radius 1 is 1.75 bits per heavy atom. The molecule has 0 bridgehead atoms. The molecule has 1 aromatic heterocycles. The highest BCUT2D eigenvalue weighted by molar-refractivity contribution is 6.33. The van der Waals surface area contributed by atoms with Crippen LogP contribution in [0, 0.1) is 0 Å². The number of Topliss-reactive ketones (excluding diaryl/α,β-unsaturated/α-hetero) is 1. The lowest BCUT2D eigenvalue weighted by atomic mass is 10.1. The highest BCUT2D eigenvalue weighted by Crippen LogP contribution is 2.25. The fraction of sp³-hybridized carbons (Fsp3) is 0.600. The van der Waals surface area contributed by atoms with Crippen LogP contribution in [0.15, 0.2) is 6.20 Å². The molecular weight excluding hydrogens is 230 g/mol. The van der Waals surface area contributed by atoms with Gasteiger partial charge in [0.25, 0.3) is 0 Å². The number of hydrogen-bond donors (Lipinski definition) is 1. The maximum Gasteiger partial charge on any atom is 0.211 e. The quantitative estimate of drug-likeness (QED) is 0.796. The van der Waals surface area contributed by atoms with Crippen LogP contribution >= 0.6 is 11.6 Å². The number of aromatic nitrogens is 2. The summed E-state index contributed by atoms with van der Waals surface area (Å²) >= 11 is 5.90. The first-order chi connectivity index (χ1) is 7.63. The van der Waals surface area contributed by atoms with Gasteiger partial charge in [0.15, 0.2) is 0 Å². The third-order valence-corrected chi connectivity index (χ3v) is 3.07. The summed E-state index contributed by atoms with van der Waals surface area (Å²) < 4.78 is 7.01. The maximum atomic E-state index is 12.1. The van der Waals surface area contributed by atoms with E-state index in [0.29, 0.717) is 23.7 Å². The average Bonchev–Trinajstić information content (AvgIpc) is 2.85. The largest absolute Gasteiger partial charge is 0.365 e. The number of halogens is 1. The fourth-order valence-electron chi connectivity index (χ4n) is 1.91. The molecule has 1 aliphatic rings. The van der Waals surface area contributed by atoms with Gasteiger partial charge in [-0.2, -0.15) is 5.10 Å². The van der Waals surface area contributed by atoms with Gasteiger partial charge in [0.05, 0.1) is 17.3 Å². The molecule has 88 valence electrons. The van der Waals surface area contributed by atoms with Crippen molar-refractivity contribution in [1.29, 1.82) is 0 Å². The number of ether oxygens (including phenoxy) is 1. The predicted octanol–water partition coefficient (Wildman–Crippen LogP) is 0.762. The number of ketones is 1.